The lowest BCUT2D eigenvalue weighted by Gasteiger charge is -2.10. The Hall–Kier alpha value is -2.68. The molecule has 0 aliphatic heterocycles. The number of esters is 2. The van der Waals surface area contributed by atoms with E-state index in [0.717, 1.165) is 34.7 Å². The molecule has 0 aliphatic rings. The first-order valence-corrected chi connectivity index (χ1v) is 10.1. The number of alkyl halides is 3. The maximum atomic E-state index is 12.5. The van der Waals surface area contributed by atoms with Gasteiger partial charge in [-0.2, -0.15) is 13.2 Å². The van der Waals surface area contributed by atoms with Crippen LogP contribution in [0.5, 0.6) is 11.5 Å². The number of ether oxygens (including phenoxy) is 3. The van der Waals surface area contributed by atoms with Gasteiger partial charge < -0.3 is 14.2 Å². The quantitative estimate of drug-likeness (QED) is 0.308. The van der Waals surface area contributed by atoms with E-state index in [1.54, 1.807) is 19.1 Å². The number of carbonyl (C=O) groups is 2. The van der Waals surface area contributed by atoms with Crippen LogP contribution in [0.1, 0.15) is 24.5 Å². The maximum Gasteiger partial charge on any atom is 0.416 e. The summed E-state index contributed by atoms with van der Waals surface area (Å²) in [7, 11) is 0. The van der Waals surface area contributed by atoms with Crippen molar-refractivity contribution >= 4 is 23.7 Å². The molecule has 30 heavy (non-hydrogen) atoms. The van der Waals surface area contributed by atoms with Crippen LogP contribution >= 0.6 is 11.8 Å². The minimum Gasteiger partial charge on any atom is -0.482 e. The Morgan fingerprint density at radius 1 is 1.03 bits per heavy atom. The van der Waals surface area contributed by atoms with Crippen LogP contribution in [-0.2, 0) is 20.5 Å². The first kappa shape index (κ1) is 23.6. The summed E-state index contributed by atoms with van der Waals surface area (Å²) in [4.78, 5) is 24.1. The van der Waals surface area contributed by atoms with Gasteiger partial charge >= 0.3 is 18.1 Å². The van der Waals surface area contributed by atoms with Gasteiger partial charge in [-0.1, -0.05) is 0 Å². The number of benzene rings is 2. The zero-order chi connectivity index (χ0) is 22.1. The summed E-state index contributed by atoms with van der Waals surface area (Å²) in [5.74, 6) is 0.0865. The molecule has 0 fully saturated rings. The molecule has 0 heterocycles. The molecular weight excluding hydrogens is 421 g/mol. The Morgan fingerprint density at radius 2 is 1.73 bits per heavy atom. The molecule has 2 aromatic rings. The van der Waals surface area contributed by atoms with E-state index in [0.29, 0.717) is 11.5 Å². The molecule has 0 saturated carbocycles. The Morgan fingerprint density at radius 3 is 2.33 bits per heavy atom. The molecule has 9 heteroatoms. The van der Waals surface area contributed by atoms with Gasteiger partial charge in [0, 0.05) is 10.6 Å². The summed E-state index contributed by atoms with van der Waals surface area (Å²) >= 11 is 1.42. The van der Waals surface area contributed by atoms with E-state index in [-0.39, 0.29) is 25.4 Å². The molecule has 2 aromatic carbocycles. The Bertz CT molecular complexity index is 866. The number of thioether (sulfide) groups is 1. The fourth-order valence-electron chi connectivity index (χ4n) is 2.36. The fourth-order valence-corrected chi connectivity index (χ4v) is 3.29. The standard InChI is InChI=1S/C21H21F3O5S/c1-3-27-20(26)13-28-18-9-8-17(12-14(18)2)30-11-10-19(25)29-16-6-4-15(5-7-16)21(22,23)24/h4-9,12H,3,10-11,13H2,1-2H3. The van der Waals surface area contributed by atoms with E-state index in [2.05, 4.69) is 0 Å². The third kappa shape index (κ3) is 7.62. The lowest BCUT2D eigenvalue weighted by molar-refractivity contribution is -0.145. The van der Waals surface area contributed by atoms with Gasteiger partial charge in [-0.25, -0.2) is 4.79 Å². The third-order valence-electron chi connectivity index (χ3n) is 3.79. The van der Waals surface area contributed by atoms with E-state index in [1.807, 2.05) is 13.0 Å². The third-order valence-corrected chi connectivity index (χ3v) is 4.78. The zero-order valence-corrected chi connectivity index (χ0v) is 17.3. The van der Waals surface area contributed by atoms with Crippen molar-refractivity contribution in [1.82, 2.24) is 0 Å². The van der Waals surface area contributed by atoms with E-state index < -0.39 is 23.7 Å². The van der Waals surface area contributed by atoms with Crippen molar-refractivity contribution in [2.24, 2.45) is 0 Å². The van der Waals surface area contributed by atoms with Crippen molar-refractivity contribution in [3.8, 4) is 11.5 Å². The first-order chi connectivity index (χ1) is 14.2. The Kier molecular flexibility index (Phi) is 8.58. The van der Waals surface area contributed by atoms with Gasteiger partial charge in [-0.15, -0.1) is 11.8 Å². The largest absolute Gasteiger partial charge is 0.482 e. The van der Waals surface area contributed by atoms with Crippen molar-refractivity contribution in [2.45, 2.75) is 31.3 Å². The second-order valence-electron chi connectivity index (χ2n) is 6.12. The average Bonchev–Trinajstić information content (AvgIpc) is 2.67. The lowest BCUT2D eigenvalue weighted by Crippen LogP contribution is -2.14. The van der Waals surface area contributed by atoms with Crippen LogP contribution in [0.2, 0.25) is 0 Å². The summed E-state index contributed by atoms with van der Waals surface area (Å²) in [5, 5.41) is 0. The maximum absolute atomic E-state index is 12.5. The van der Waals surface area contributed by atoms with Crippen molar-refractivity contribution in [3.63, 3.8) is 0 Å². The SMILES string of the molecule is CCOC(=O)COc1ccc(SCCC(=O)Oc2ccc(C(F)(F)F)cc2)cc1C. The molecule has 0 radical (unpaired) electrons. The second kappa shape index (κ2) is 10.9. The van der Waals surface area contributed by atoms with Gasteiger partial charge in [0.25, 0.3) is 0 Å². The van der Waals surface area contributed by atoms with Crippen LogP contribution in [0.15, 0.2) is 47.4 Å². The lowest BCUT2D eigenvalue weighted by atomic mass is 10.2. The monoisotopic (exact) mass is 442 g/mol. The van der Waals surface area contributed by atoms with Crippen molar-refractivity contribution in [2.75, 3.05) is 19.0 Å². The molecule has 5 nitrogen and oxygen atoms in total. The van der Waals surface area contributed by atoms with Crippen LogP contribution < -0.4 is 9.47 Å². The molecule has 0 N–H and O–H groups in total. The minimum atomic E-state index is -4.43. The predicted octanol–water partition coefficient (Wildman–Crippen LogP) is 5.04. The van der Waals surface area contributed by atoms with Crippen molar-refractivity contribution < 1.29 is 37.0 Å². The van der Waals surface area contributed by atoms with E-state index in [9.17, 15) is 22.8 Å². The molecular formula is C21H21F3O5S. The van der Waals surface area contributed by atoms with Gasteiger partial charge in [0.15, 0.2) is 6.61 Å². The summed E-state index contributed by atoms with van der Waals surface area (Å²) < 4.78 is 52.9. The summed E-state index contributed by atoms with van der Waals surface area (Å²) in [5.41, 5.74) is 0.0273. The highest BCUT2D eigenvalue weighted by Gasteiger charge is 2.30. The fraction of sp³-hybridized carbons (Fsp3) is 0.333. The Balaban J connectivity index is 1.78. The summed E-state index contributed by atoms with van der Waals surface area (Å²) in [6.45, 7) is 3.67. The highest BCUT2D eigenvalue weighted by atomic mass is 32.2. The molecule has 2 rings (SSSR count). The van der Waals surface area contributed by atoms with Crippen molar-refractivity contribution in [1.29, 1.82) is 0 Å². The highest BCUT2D eigenvalue weighted by Crippen LogP contribution is 2.30. The number of halogens is 3. The van der Waals surface area contributed by atoms with Gasteiger partial charge in [0.2, 0.25) is 0 Å². The molecule has 0 unspecified atom stereocenters. The van der Waals surface area contributed by atoms with Crippen LogP contribution in [0.25, 0.3) is 0 Å². The van der Waals surface area contributed by atoms with Crippen LogP contribution in [0.3, 0.4) is 0 Å². The normalized spacial score (nSPS) is 11.1. The molecule has 0 aliphatic carbocycles. The minimum absolute atomic E-state index is 0.0666. The van der Waals surface area contributed by atoms with Gasteiger partial charge in [-0.05, 0) is 61.9 Å². The van der Waals surface area contributed by atoms with E-state index >= 15 is 0 Å². The van der Waals surface area contributed by atoms with E-state index in [1.165, 1.54) is 11.8 Å². The first-order valence-electron chi connectivity index (χ1n) is 9.09. The van der Waals surface area contributed by atoms with Gasteiger partial charge in [0.1, 0.15) is 11.5 Å². The number of aryl methyl sites for hydroxylation is 1. The molecule has 0 amide bonds. The van der Waals surface area contributed by atoms with Gasteiger partial charge in [-0.3, -0.25) is 4.79 Å². The average molecular weight is 442 g/mol. The van der Waals surface area contributed by atoms with Crippen LogP contribution in [-0.4, -0.2) is 30.9 Å². The number of hydrogen-bond donors (Lipinski definition) is 0. The van der Waals surface area contributed by atoms with Crippen LogP contribution in [0, 0.1) is 6.92 Å². The van der Waals surface area contributed by atoms with E-state index in [4.69, 9.17) is 14.2 Å². The zero-order valence-electron chi connectivity index (χ0n) is 16.5. The molecule has 0 atom stereocenters. The predicted molar refractivity (Wildman–Crippen MR) is 106 cm³/mol. The highest BCUT2D eigenvalue weighted by molar-refractivity contribution is 7.99. The van der Waals surface area contributed by atoms with Crippen LogP contribution in [0.4, 0.5) is 13.2 Å². The smallest absolute Gasteiger partial charge is 0.416 e. The molecule has 0 saturated heterocycles. The topological polar surface area (TPSA) is 61.8 Å². The molecule has 0 spiro atoms. The molecule has 0 bridgehead atoms. The number of rotatable bonds is 9. The Labute approximate surface area is 176 Å². The summed E-state index contributed by atoms with van der Waals surface area (Å²) in [6.07, 6.45) is -4.34. The second-order valence-corrected chi connectivity index (χ2v) is 7.28. The molecule has 162 valence electrons. The summed E-state index contributed by atoms with van der Waals surface area (Å²) in [6, 6.07) is 9.37. The van der Waals surface area contributed by atoms with Crippen molar-refractivity contribution in [3.05, 3.63) is 53.6 Å². The number of hydrogen-bond acceptors (Lipinski definition) is 6. The number of carbonyl (C=O) groups excluding carboxylic acids is 2. The van der Waals surface area contributed by atoms with Gasteiger partial charge in [0.05, 0.1) is 18.6 Å². The molecule has 0 aromatic heterocycles.